The number of nitrogens with one attached hydrogen (secondary N) is 1. The molecule has 1 aromatic carbocycles. The Morgan fingerprint density at radius 3 is 2.48 bits per heavy atom. The summed E-state index contributed by atoms with van der Waals surface area (Å²) in [6.07, 6.45) is 3.87. The molecule has 2 nitrogen and oxygen atoms in total. The van der Waals surface area contributed by atoms with Crippen LogP contribution in [0, 0.1) is 11.8 Å². The van der Waals surface area contributed by atoms with E-state index in [2.05, 4.69) is 62.3 Å². The summed E-state index contributed by atoms with van der Waals surface area (Å²) >= 11 is 0. The number of hydrogen-bond acceptors (Lipinski definition) is 2. The van der Waals surface area contributed by atoms with Gasteiger partial charge in [-0.15, -0.1) is 0 Å². The van der Waals surface area contributed by atoms with Crippen LogP contribution in [-0.2, 0) is 6.42 Å². The van der Waals surface area contributed by atoms with E-state index in [1.165, 1.54) is 43.5 Å². The van der Waals surface area contributed by atoms with E-state index in [1.807, 2.05) is 0 Å². The molecule has 2 unspecified atom stereocenters. The molecular formula is C19H32N2. The zero-order chi connectivity index (χ0) is 15.2. The van der Waals surface area contributed by atoms with Crippen molar-refractivity contribution in [2.45, 2.75) is 46.1 Å². The van der Waals surface area contributed by atoms with Crippen molar-refractivity contribution in [3.8, 4) is 0 Å². The lowest BCUT2D eigenvalue weighted by molar-refractivity contribution is 0.287. The summed E-state index contributed by atoms with van der Waals surface area (Å²) in [4.78, 5) is 2.62. The Kier molecular flexibility index (Phi) is 6.25. The van der Waals surface area contributed by atoms with Gasteiger partial charge in [-0.1, -0.05) is 51.5 Å². The van der Waals surface area contributed by atoms with Crippen LogP contribution in [0.3, 0.4) is 0 Å². The van der Waals surface area contributed by atoms with E-state index in [1.54, 1.807) is 0 Å². The topological polar surface area (TPSA) is 15.3 Å². The first-order valence-corrected chi connectivity index (χ1v) is 8.60. The molecule has 1 fully saturated rings. The van der Waals surface area contributed by atoms with E-state index < -0.39 is 0 Å². The van der Waals surface area contributed by atoms with E-state index in [0.717, 1.165) is 18.4 Å². The van der Waals surface area contributed by atoms with Crippen LogP contribution in [0.5, 0.6) is 0 Å². The second kappa shape index (κ2) is 7.95. The van der Waals surface area contributed by atoms with Crippen molar-refractivity contribution >= 4 is 0 Å². The molecule has 1 aliphatic heterocycles. The highest BCUT2D eigenvalue weighted by molar-refractivity contribution is 5.25. The van der Waals surface area contributed by atoms with Crippen molar-refractivity contribution in [1.29, 1.82) is 0 Å². The highest BCUT2D eigenvalue weighted by Crippen LogP contribution is 2.23. The molecule has 1 aromatic rings. The maximum Gasteiger partial charge on any atom is 0.0446 e. The maximum atomic E-state index is 3.50. The van der Waals surface area contributed by atoms with Gasteiger partial charge in [0.05, 0.1) is 0 Å². The Hall–Kier alpha value is -0.860. The predicted octanol–water partition coefficient (Wildman–Crippen LogP) is 3.88. The minimum atomic E-state index is 0.453. The molecular weight excluding hydrogens is 256 g/mol. The first-order valence-electron chi connectivity index (χ1n) is 8.60. The van der Waals surface area contributed by atoms with Crippen LogP contribution in [0.4, 0.5) is 0 Å². The standard InChI is InChI=1S/C19H32N2/c1-5-16-10-11-21(13-16)14-19(20-4)18-8-6-17(7-9-18)12-15(2)3/h6-9,15-16,19-20H,5,10-14H2,1-4H3. The van der Waals surface area contributed by atoms with E-state index in [4.69, 9.17) is 0 Å². The normalized spacial score (nSPS) is 21.1. The number of likely N-dealkylation sites (N-methyl/N-ethyl adjacent to an activating group) is 1. The van der Waals surface area contributed by atoms with Gasteiger partial charge in [0.2, 0.25) is 0 Å². The third-order valence-electron chi connectivity index (χ3n) is 4.76. The van der Waals surface area contributed by atoms with Crippen LogP contribution in [0.2, 0.25) is 0 Å². The second-order valence-electron chi connectivity index (χ2n) is 7.00. The summed E-state index contributed by atoms with van der Waals surface area (Å²) in [5, 5.41) is 3.50. The second-order valence-corrected chi connectivity index (χ2v) is 7.00. The Morgan fingerprint density at radius 2 is 1.95 bits per heavy atom. The molecule has 0 radical (unpaired) electrons. The van der Waals surface area contributed by atoms with Gasteiger partial charge < -0.3 is 10.2 Å². The third-order valence-corrected chi connectivity index (χ3v) is 4.76. The summed E-state index contributed by atoms with van der Waals surface area (Å²) in [5.74, 6) is 1.64. The van der Waals surface area contributed by atoms with E-state index >= 15 is 0 Å². The number of nitrogens with zero attached hydrogens (tertiary/aromatic N) is 1. The molecule has 1 N–H and O–H groups in total. The van der Waals surface area contributed by atoms with Crippen molar-refractivity contribution in [3.05, 3.63) is 35.4 Å². The van der Waals surface area contributed by atoms with E-state index in [9.17, 15) is 0 Å². The molecule has 0 bridgehead atoms. The summed E-state index contributed by atoms with van der Waals surface area (Å²) < 4.78 is 0. The first-order chi connectivity index (χ1) is 10.1. The minimum absolute atomic E-state index is 0.453. The van der Waals surface area contributed by atoms with Gasteiger partial charge in [0.15, 0.2) is 0 Å². The Balaban J connectivity index is 1.94. The molecule has 0 saturated carbocycles. The lowest BCUT2D eigenvalue weighted by atomic mass is 9.99. The van der Waals surface area contributed by atoms with Gasteiger partial charge in [0.25, 0.3) is 0 Å². The molecule has 0 spiro atoms. The van der Waals surface area contributed by atoms with Gasteiger partial charge in [-0.25, -0.2) is 0 Å². The van der Waals surface area contributed by atoms with Crippen LogP contribution in [-0.4, -0.2) is 31.6 Å². The average Bonchev–Trinajstić information content (AvgIpc) is 2.93. The maximum absolute atomic E-state index is 3.50. The lowest BCUT2D eigenvalue weighted by Crippen LogP contribution is -2.32. The summed E-state index contributed by atoms with van der Waals surface area (Å²) in [6.45, 7) is 10.6. The molecule has 21 heavy (non-hydrogen) atoms. The fraction of sp³-hybridized carbons (Fsp3) is 0.684. The van der Waals surface area contributed by atoms with Gasteiger partial charge in [-0.05, 0) is 49.4 Å². The average molecular weight is 288 g/mol. The fourth-order valence-corrected chi connectivity index (χ4v) is 3.39. The molecule has 1 saturated heterocycles. The third kappa shape index (κ3) is 4.82. The molecule has 2 heteroatoms. The fourth-order valence-electron chi connectivity index (χ4n) is 3.39. The van der Waals surface area contributed by atoms with Crippen molar-refractivity contribution < 1.29 is 0 Å². The van der Waals surface area contributed by atoms with E-state index in [-0.39, 0.29) is 0 Å². The Labute approximate surface area is 130 Å². The first kappa shape index (κ1) is 16.5. The number of rotatable bonds is 7. The zero-order valence-electron chi connectivity index (χ0n) is 14.2. The van der Waals surface area contributed by atoms with Crippen LogP contribution in [0.1, 0.15) is 50.8 Å². The quantitative estimate of drug-likeness (QED) is 0.819. The van der Waals surface area contributed by atoms with Gasteiger partial charge in [-0.3, -0.25) is 0 Å². The molecule has 0 aromatic heterocycles. The lowest BCUT2D eigenvalue weighted by Gasteiger charge is -2.24. The molecule has 2 rings (SSSR count). The number of hydrogen-bond donors (Lipinski definition) is 1. The highest BCUT2D eigenvalue weighted by atomic mass is 15.2. The summed E-state index contributed by atoms with van der Waals surface area (Å²) in [7, 11) is 2.08. The van der Waals surface area contributed by atoms with Crippen molar-refractivity contribution in [2.24, 2.45) is 11.8 Å². The van der Waals surface area contributed by atoms with Crippen LogP contribution in [0.15, 0.2) is 24.3 Å². The van der Waals surface area contributed by atoms with Crippen molar-refractivity contribution in [3.63, 3.8) is 0 Å². The van der Waals surface area contributed by atoms with Crippen molar-refractivity contribution in [2.75, 3.05) is 26.7 Å². The number of likely N-dealkylation sites (tertiary alicyclic amines) is 1. The van der Waals surface area contributed by atoms with Gasteiger partial charge >= 0.3 is 0 Å². The predicted molar refractivity (Wildman–Crippen MR) is 91.6 cm³/mol. The molecule has 1 aliphatic rings. The van der Waals surface area contributed by atoms with E-state index in [0.29, 0.717) is 6.04 Å². The molecule has 1 heterocycles. The summed E-state index contributed by atoms with van der Waals surface area (Å²) in [6, 6.07) is 9.68. The SMILES string of the molecule is CCC1CCN(CC(NC)c2ccc(CC(C)C)cc2)C1. The van der Waals surface area contributed by atoms with Crippen LogP contribution in [0.25, 0.3) is 0 Å². The van der Waals surface area contributed by atoms with Gasteiger partial charge in [0, 0.05) is 19.1 Å². The van der Waals surface area contributed by atoms with Gasteiger partial charge in [0.1, 0.15) is 0 Å². The van der Waals surface area contributed by atoms with Gasteiger partial charge in [-0.2, -0.15) is 0 Å². The molecule has 0 amide bonds. The largest absolute Gasteiger partial charge is 0.312 e. The van der Waals surface area contributed by atoms with Crippen LogP contribution >= 0.6 is 0 Å². The highest BCUT2D eigenvalue weighted by Gasteiger charge is 2.23. The molecule has 0 aliphatic carbocycles. The molecule has 118 valence electrons. The van der Waals surface area contributed by atoms with Crippen LogP contribution < -0.4 is 5.32 Å². The van der Waals surface area contributed by atoms with Crippen molar-refractivity contribution in [1.82, 2.24) is 10.2 Å². The molecule has 2 atom stereocenters. The zero-order valence-corrected chi connectivity index (χ0v) is 14.2. The summed E-state index contributed by atoms with van der Waals surface area (Å²) in [5.41, 5.74) is 2.88. The Bertz CT molecular complexity index is 410. The Morgan fingerprint density at radius 1 is 1.24 bits per heavy atom. The smallest absolute Gasteiger partial charge is 0.0446 e. The number of benzene rings is 1. The minimum Gasteiger partial charge on any atom is -0.312 e. The monoisotopic (exact) mass is 288 g/mol.